The molecule has 0 unspecified atom stereocenters. The van der Waals surface area contributed by atoms with Gasteiger partial charge in [0.15, 0.2) is 5.82 Å². The van der Waals surface area contributed by atoms with Gasteiger partial charge < -0.3 is 9.47 Å². The first-order valence-corrected chi connectivity index (χ1v) is 7.70. The van der Waals surface area contributed by atoms with Crippen LogP contribution in [0.25, 0.3) is 11.4 Å². The molecule has 1 aliphatic rings. The molecule has 1 aliphatic heterocycles. The minimum atomic E-state index is -0.525. The third kappa shape index (κ3) is 4.25. The molecule has 2 aromatic rings. The molecule has 3 rings (SSSR count). The van der Waals surface area contributed by atoms with E-state index in [4.69, 9.17) is 9.47 Å². The molecule has 1 aromatic carbocycles. The van der Waals surface area contributed by atoms with E-state index in [0.717, 1.165) is 5.56 Å². The summed E-state index contributed by atoms with van der Waals surface area (Å²) in [5.74, 6) is 6.39. The molecule has 4 nitrogen and oxygen atoms in total. The zero-order valence-electron chi connectivity index (χ0n) is 13.3. The molecule has 0 spiro atoms. The van der Waals surface area contributed by atoms with Crippen LogP contribution in [0.15, 0.2) is 48.8 Å². The Bertz CT molecular complexity index is 753. The van der Waals surface area contributed by atoms with E-state index in [0.29, 0.717) is 24.6 Å². The quantitative estimate of drug-likeness (QED) is 0.628. The summed E-state index contributed by atoms with van der Waals surface area (Å²) >= 11 is 0. The predicted octanol–water partition coefficient (Wildman–Crippen LogP) is 3.20. The van der Waals surface area contributed by atoms with E-state index in [1.807, 2.05) is 13.0 Å². The predicted molar refractivity (Wildman–Crippen MR) is 88.3 cm³/mol. The fourth-order valence-electron chi connectivity index (χ4n) is 2.27. The van der Waals surface area contributed by atoms with E-state index in [-0.39, 0.29) is 11.7 Å². The lowest BCUT2D eigenvalue weighted by Gasteiger charge is -2.24. The molecule has 5 heteroatoms. The Morgan fingerprint density at radius 2 is 1.79 bits per heavy atom. The first-order valence-electron chi connectivity index (χ1n) is 7.70. The van der Waals surface area contributed by atoms with Crippen molar-refractivity contribution in [2.24, 2.45) is 5.92 Å². The van der Waals surface area contributed by atoms with Crippen molar-refractivity contribution < 1.29 is 13.9 Å². The van der Waals surface area contributed by atoms with E-state index < -0.39 is 6.29 Å². The lowest BCUT2D eigenvalue weighted by atomic mass is 10.1. The maximum Gasteiger partial charge on any atom is 0.222 e. The van der Waals surface area contributed by atoms with Crippen LogP contribution >= 0.6 is 0 Å². The van der Waals surface area contributed by atoms with Crippen molar-refractivity contribution in [3.63, 3.8) is 0 Å². The largest absolute Gasteiger partial charge is 0.341 e. The molecule has 24 heavy (non-hydrogen) atoms. The van der Waals surface area contributed by atoms with Gasteiger partial charge in [0.2, 0.25) is 6.29 Å². The topological polar surface area (TPSA) is 44.2 Å². The number of hydrogen-bond acceptors (Lipinski definition) is 4. The van der Waals surface area contributed by atoms with Crippen LogP contribution in [0.4, 0.5) is 4.39 Å². The number of allylic oxidation sites excluding steroid dienone is 1. The van der Waals surface area contributed by atoms with E-state index in [9.17, 15) is 4.39 Å². The fourth-order valence-corrected chi connectivity index (χ4v) is 2.27. The maximum atomic E-state index is 12.9. The molecular formula is C19H17FN2O2. The second-order valence-electron chi connectivity index (χ2n) is 5.36. The van der Waals surface area contributed by atoms with Crippen LogP contribution in [-0.2, 0) is 9.47 Å². The summed E-state index contributed by atoms with van der Waals surface area (Å²) in [7, 11) is 0. The molecule has 122 valence electrons. The van der Waals surface area contributed by atoms with Crippen LogP contribution in [0.1, 0.15) is 12.5 Å². The fraction of sp³-hybridized carbons (Fsp3) is 0.263. The molecule has 0 atom stereocenters. The second-order valence-corrected chi connectivity index (χ2v) is 5.36. The number of benzene rings is 1. The monoisotopic (exact) mass is 324 g/mol. The minimum absolute atomic E-state index is 0.284. The highest BCUT2D eigenvalue weighted by atomic mass is 19.1. The van der Waals surface area contributed by atoms with Crippen LogP contribution in [-0.4, -0.2) is 29.5 Å². The summed E-state index contributed by atoms with van der Waals surface area (Å²) in [6.07, 6.45) is 6.78. The summed E-state index contributed by atoms with van der Waals surface area (Å²) in [4.78, 5) is 8.50. The van der Waals surface area contributed by atoms with Gasteiger partial charge >= 0.3 is 0 Å². The van der Waals surface area contributed by atoms with E-state index >= 15 is 0 Å². The standard InChI is InChI=1S/C19H17FN2O2/c1-2-3-15-12-23-18(24-13-15)9-4-14-10-21-19(22-11-14)16-5-7-17(20)8-6-16/h2-3,5-8,10-11,15,18H,12-13H2,1H3. The molecule has 0 saturated carbocycles. The van der Waals surface area contributed by atoms with Crippen LogP contribution in [0.3, 0.4) is 0 Å². The molecule has 0 aliphatic carbocycles. The van der Waals surface area contributed by atoms with Gasteiger partial charge in [-0.15, -0.1) is 0 Å². The molecule has 0 radical (unpaired) electrons. The van der Waals surface area contributed by atoms with Crippen molar-refractivity contribution in [2.75, 3.05) is 13.2 Å². The van der Waals surface area contributed by atoms with Crippen LogP contribution in [0, 0.1) is 23.6 Å². The summed E-state index contributed by atoms with van der Waals surface area (Å²) < 4.78 is 24.0. The van der Waals surface area contributed by atoms with Gasteiger partial charge in [0.25, 0.3) is 0 Å². The number of halogens is 1. The van der Waals surface area contributed by atoms with E-state index in [2.05, 4.69) is 27.9 Å². The molecule has 0 bridgehead atoms. The first-order chi connectivity index (χ1) is 11.7. The Morgan fingerprint density at radius 3 is 2.42 bits per heavy atom. The molecule has 0 amide bonds. The van der Waals surface area contributed by atoms with Gasteiger partial charge in [0.05, 0.1) is 18.8 Å². The maximum absolute atomic E-state index is 12.9. The van der Waals surface area contributed by atoms with E-state index in [1.54, 1.807) is 24.5 Å². The van der Waals surface area contributed by atoms with E-state index in [1.165, 1.54) is 12.1 Å². The molecule has 1 fully saturated rings. The third-order valence-electron chi connectivity index (χ3n) is 3.48. The highest BCUT2D eigenvalue weighted by molar-refractivity contribution is 5.54. The van der Waals surface area contributed by atoms with Gasteiger partial charge in [-0.1, -0.05) is 18.1 Å². The highest BCUT2D eigenvalue weighted by Crippen LogP contribution is 2.15. The summed E-state index contributed by atoms with van der Waals surface area (Å²) in [5.41, 5.74) is 1.42. The van der Waals surface area contributed by atoms with Gasteiger partial charge in [0, 0.05) is 23.9 Å². The average molecular weight is 324 g/mol. The number of aromatic nitrogens is 2. The Balaban J connectivity index is 1.62. The molecule has 1 aromatic heterocycles. The van der Waals surface area contributed by atoms with Gasteiger partial charge in [0.1, 0.15) is 5.82 Å². The number of ether oxygens (including phenoxy) is 2. The molecule has 0 N–H and O–H groups in total. The van der Waals surface area contributed by atoms with Crippen molar-refractivity contribution in [1.82, 2.24) is 9.97 Å². The molecule has 2 heterocycles. The molecular weight excluding hydrogens is 307 g/mol. The number of hydrogen-bond donors (Lipinski definition) is 0. The zero-order valence-corrected chi connectivity index (χ0v) is 13.3. The molecule has 1 saturated heterocycles. The zero-order chi connectivity index (χ0) is 16.8. The summed E-state index contributed by atoms with van der Waals surface area (Å²) in [6, 6.07) is 6.04. The lowest BCUT2D eigenvalue weighted by Crippen LogP contribution is -2.30. The number of rotatable bonds is 2. The van der Waals surface area contributed by atoms with Crippen molar-refractivity contribution in [3.8, 4) is 23.2 Å². The first kappa shape index (κ1) is 16.3. The van der Waals surface area contributed by atoms with Crippen molar-refractivity contribution >= 4 is 0 Å². The summed E-state index contributed by atoms with van der Waals surface area (Å²) in [5, 5.41) is 0. The lowest BCUT2D eigenvalue weighted by molar-refractivity contribution is -0.160. The van der Waals surface area contributed by atoms with Gasteiger partial charge in [-0.3, -0.25) is 0 Å². The van der Waals surface area contributed by atoms with Crippen molar-refractivity contribution in [1.29, 1.82) is 0 Å². The normalized spacial score (nSPS) is 20.6. The van der Waals surface area contributed by atoms with Crippen molar-refractivity contribution in [3.05, 3.63) is 60.2 Å². The van der Waals surface area contributed by atoms with Crippen LogP contribution in [0.2, 0.25) is 0 Å². The third-order valence-corrected chi connectivity index (χ3v) is 3.48. The SMILES string of the molecule is CC=CC1COC(C#Cc2cnc(-c3ccc(F)cc3)nc2)OC1. The Hall–Kier alpha value is -2.55. The van der Waals surface area contributed by atoms with Gasteiger partial charge in [-0.2, -0.15) is 0 Å². The van der Waals surface area contributed by atoms with Gasteiger partial charge in [-0.05, 0) is 37.1 Å². The average Bonchev–Trinajstić information content (AvgIpc) is 2.63. The summed E-state index contributed by atoms with van der Waals surface area (Å²) in [6.45, 7) is 3.18. The Kier molecular flexibility index (Phi) is 5.32. The number of nitrogens with zero attached hydrogens (tertiary/aromatic N) is 2. The minimum Gasteiger partial charge on any atom is -0.341 e. The Morgan fingerprint density at radius 1 is 1.12 bits per heavy atom. The highest BCUT2D eigenvalue weighted by Gasteiger charge is 2.18. The van der Waals surface area contributed by atoms with Crippen LogP contribution < -0.4 is 0 Å². The van der Waals surface area contributed by atoms with Crippen LogP contribution in [0.5, 0.6) is 0 Å². The Labute approximate surface area is 140 Å². The second kappa shape index (κ2) is 7.82. The smallest absolute Gasteiger partial charge is 0.222 e. The van der Waals surface area contributed by atoms with Crippen molar-refractivity contribution in [2.45, 2.75) is 13.2 Å². The van der Waals surface area contributed by atoms with Gasteiger partial charge in [-0.25, -0.2) is 14.4 Å².